The zero-order valence-electron chi connectivity index (χ0n) is 18.2. The second-order valence-electron chi connectivity index (χ2n) is 8.35. The molecule has 1 N–H and O–H groups in total. The summed E-state index contributed by atoms with van der Waals surface area (Å²) < 4.78 is 5.29. The molecule has 0 bridgehead atoms. The molecule has 6 heteroatoms. The first-order valence-electron chi connectivity index (χ1n) is 11.2. The molecule has 2 aliphatic heterocycles. The SMILES string of the molecule is COc1ccc(C2CCCCCN2CC(=O)Nc2ccc(N3CCCC3=O)cc2)cc1. The van der Waals surface area contributed by atoms with Gasteiger partial charge in [-0.2, -0.15) is 0 Å². The minimum Gasteiger partial charge on any atom is -0.497 e. The number of amides is 2. The average molecular weight is 422 g/mol. The number of ether oxygens (including phenoxy) is 1. The second-order valence-corrected chi connectivity index (χ2v) is 8.35. The maximum Gasteiger partial charge on any atom is 0.238 e. The van der Waals surface area contributed by atoms with Crippen LogP contribution in [0, 0.1) is 0 Å². The molecule has 0 saturated carbocycles. The lowest BCUT2D eigenvalue weighted by atomic mass is 10.0. The van der Waals surface area contributed by atoms with Crippen LogP contribution in [0.3, 0.4) is 0 Å². The van der Waals surface area contributed by atoms with Gasteiger partial charge in [0.2, 0.25) is 11.8 Å². The fourth-order valence-electron chi connectivity index (χ4n) is 4.59. The van der Waals surface area contributed by atoms with Gasteiger partial charge in [-0.25, -0.2) is 0 Å². The van der Waals surface area contributed by atoms with Crippen molar-refractivity contribution < 1.29 is 14.3 Å². The predicted octanol–water partition coefficient (Wildman–Crippen LogP) is 4.38. The van der Waals surface area contributed by atoms with Crippen molar-refractivity contribution in [2.75, 3.05) is 37.0 Å². The van der Waals surface area contributed by atoms with Crippen LogP contribution in [-0.2, 0) is 9.59 Å². The van der Waals surface area contributed by atoms with Crippen molar-refractivity contribution in [1.82, 2.24) is 4.90 Å². The highest BCUT2D eigenvalue weighted by atomic mass is 16.5. The first kappa shape index (κ1) is 21.4. The molecule has 31 heavy (non-hydrogen) atoms. The molecule has 4 rings (SSSR count). The quantitative estimate of drug-likeness (QED) is 0.752. The van der Waals surface area contributed by atoms with Crippen LogP contribution in [0.1, 0.15) is 50.1 Å². The lowest BCUT2D eigenvalue weighted by molar-refractivity contribution is -0.118. The van der Waals surface area contributed by atoms with E-state index in [0.717, 1.165) is 49.5 Å². The lowest BCUT2D eigenvalue weighted by Gasteiger charge is -2.30. The van der Waals surface area contributed by atoms with Gasteiger partial charge in [0.05, 0.1) is 13.7 Å². The molecule has 2 amide bonds. The maximum absolute atomic E-state index is 12.8. The first-order valence-corrected chi connectivity index (χ1v) is 11.2. The summed E-state index contributed by atoms with van der Waals surface area (Å²) in [5.74, 6) is 1.01. The summed E-state index contributed by atoms with van der Waals surface area (Å²) in [5, 5.41) is 3.02. The maximum atomic E-state index is 12.8. The van der Waals surface area contributed by atoms with Crippen LogP contribution in [0.2, 0.25) is 0 Å². The summed E-state index contributed by atoms with van der Waals surface area (Å²) in [5.41, 5.74) is 2.89. The minimum atomic E-state index is -0.00888. The van der Waals surface area contributed by atoms with Crippen molar-refractivity contribution in [3.05, 3.63) is 54.1 Å². The Morgan fingerprint density at radius 3 is 2.45 bits per heavy atom. The number of nitrogens with zero attached hydrogens (tertiary/aromatic N) is 2. The molecular weight excluding hydrogens is 390 g/mol. The number of carbonyl (C=O) groups is 2. The van der Waals surface area contributed by atoms with Gasteiger partial charge in [-0.3, -0.25) is 14.5 Å². The van der Waals surface area contributed by atoms with Gasteiger partial charge in [-0.15, -0.1) is 0 Å². The van der Waals surface area contributed by atoms with Gasteiger partial charge in [0.25, 0.3) is 0 Å². The fourth-order valence-corrected chi connectivity index (χ4v) is 4.59. The molecular formula is C25H31N3O3. The van der Waals surface area contributed by atoms with Crippen molar-refractivity contribution >= 4 is 23.2 Å². The third-order valence-electron chi connectivity index (χ3n) is 6.25. The van der Waals surface area contributed by atoms with Crippen molar-refractivity contribution in [3.63, 3.8) is 0 Å². The Bertz CT molecular complexity index is 895. The van der Waals surface area contributed by atoms with Crippen LogP contribution < -0.4 is 15.0 Å². The predicted molar refractivity (Wildman–Crippen MR) is 122 cm³/mol. The summed E-state index contributed by atoms with van der Waals surface area (Å²) in [6.07, 6.45) is 6.05. The highest BCUT2D eigenvalue weighted by Crippen LogP contribution is 2.31. The number of rotatable bonds is 6. The van der Waals surface area contributed by atoms with E-state index in [4.69, 9.17) is 4.74 Å². The van der Waals surface area contributed by atoms with E-state index >= 15 is 0 Å². The molecule has 1 unspecified atom stereocenters. The van der Waals surface area contributed by atoms with Gasteiger partial charge < -0.3 is 15.0 Å². The number of nitrogens with one attached hydrogen (secondary N) is 1. The van der Waals surface area contributed by atoms with E-state index in [1.54, 1.807) is 7.11 Å². The molecule has 2 fully saturated rings. The van der Waals surface area contributed by atoms with E-state index in [-0.39, 0.29) is 17.9 Å². The van der Waals surface area contributed by atoms with E-state index in [0.29, 0.717) is 13.0 Å². The van der Waals surface area contributed by atoms with Gasteiger partial charge in [0, 0.05) is 30.4 Å². The number of likely N-dealkylation sites (tertiary alicyclic amines) is 1. The Labute approximate surface area is 184 Å². The summed E-state index contributed by atoms with van der Waals surface area (Å²) in [6.45, 7) is 2.05. The highest BCUT2D eigenvalue weighted by molar-refractivity contribution is 5.96. The number of hydrogen-bond acceptors (Lipinski definition) is 4. The molecule has 1 atom stereocenters. The van der Waals surface area contributed by atoms with Crippen molar-refractivity contribution in [2.45, 2.75) is 44.6 Å². The molecule has 0 aromatic heterocycles. The first-order chi connectivity index (χ1) is 15.1. The Morgan fingerprint density at radius 2 is 1.77 bits per heavy atom. The van der Waals surface area contributed by atoms with Crippen LogP contribution >= 0.6 is 0 Å². The molecule has 2 saturated heterocycles. The Balaban J connectivity index is 1.40. The topological polar surface area (TPSA) is 61.9 Å². The largest absolute Gasteiger partial charge is 0.497 e. The highest BCUT2D eigenvalue weighted by Gasteiger charge is 2.25. The van der Waals surface area contributed by atoms with Crippen LogP contribution in [0.15, 0.2) is 48.5 Å². The van der Waals surface area contributed by atoms with Gasteiger partial charge in [0.15, 0.2) is 0 Å². The van der Waals surface area contributed by atoms with Gasteiger partial charge in [0.1, 0.15) is 5.75 Å². The Morgan fingerprint density at radius 1 is 1.00 bits per heavy atom. The fraction of sp³-hybridized carbons (Fsp3) is 0.440. The lowest BCUT2D eigenvalue weighted by Crippen LogP contribution is -2.36. The zero-order valence-corrected chi connectivity index (χ0v) is 18.2. The standard InChI is InChI=1S/C25H31N3O3/c1-31-22-14-8-19(9-15-22)23-6-3-2-4-16-27(23)18-24(29)26-20-10-12-21(13-11-20)28-17-5-7-25(28)30/h8-15,23H,2-7,16-18H2,1H3,(H,26,29). The molecule has 2 aromatic rings. The summed E-state index contributed by atoms with van der Waals surface area (Å²) in [4.78, 5) is 28.8. The van der Waals surface area contributed by atoms with Crippen molar-refractivity contribution in [2.24, 2.45) is 0 Å². The number of anilines is 2. The van der Waals surface area contributed by atoms with Crippen LogP contribution in [0.5, 0.6) is 5.75 Å². The van der Waals surface area contributed by atoms with E-state index in [1.165, 1.54) is 18.4 Å². The summed E-state index contributed by atoms with van der Waals surface area (Å²) in [7, 11) is 1.67. The van der Waals surface area contributed by atoms with Crippen LogP contribution in [-0.4, -0.2) is 43.5 Å². The van der Waals surface area contributed by atoms with Crippen molar-refractivity contribution in [3.8, 4) is 5.75 Å². The van der Waals surface area contributed by atoms with E-state index in [9.17, 15) is 9.59 Å². The number of carbonyl (C=O) groups excluding carboxylic acids is 2. The smallest absolute Gasteiger partial charge is 0.238 e. The third kappa shape index (κ3) is 5.25. The molecule has 0 radical (unpaired) electrons. The van der Waals surface area contributed by atoms with E-state index < -0.39 is 0 Å². The summed E-state index contributed by atoms with van der Waals surface area (Å²) >= 11 is 0. The number of benzene rings is 2. The van der Waals surface area contributed by atoms with Crippen LogP contribution in [0.25, 0.3) is 0 Å². The molecule has 2 heterocycles. The molecule has 2 aliphatic rings. The molecule has 164 valence electrons. The van der Waals surface area contributed by atoms with Gasteiger partial charge >= 0.3 is 0 Å². The van der Waals surface area contributed by atoms with Gasteiger partial charge in [-0.05, 0) is 67.8 Å². The zero-order chi connectivity index (χ0) is 21.6. The normalized spacial score (nSPS) is 19.8. The summed E-state index contributed by atoms with van der Waals surface area (Å²) in [6, 6.07) is 16.0. The van der Waals surface area contributed by atoms with Gasteiger partial charge in [-0.1, -0.05) is 25.0 Å². The molecule has 0 spiro atoms. The second kappa shape index (κ2) is 9.96. The van der Waals surface area contributed by atoms with Crippen molar-refractivity contribution in [1.29, 1.82) is 0 Å². The molecule has 0 aliphatic carbocycles. The molecule has 6 nitrogen and oxygen atoms in total. The monoisotopic (exact) mass is 421 g/mol. The average Bonchev–Trinajstić information content (AvgIpc) is 3.08. The number of hydrogen-bond donors (Lipinski definition) is 1. The third-order valence-corrected chi connectivity index (χ3v) is 6.25. The van der Waals surface area contributed by atoms with E-state index in [1.807, 2.05) is 41.3 Å². The van der Waals surface area contributed by atoms with Crippen LogP contribution in [0.4, 0.5) is 11.4 Å². The van der Waals surface area contributed by atoms with E-state index in [2.05, 4.69) is 22.3 Å². The number of methoxy groups -OCH3 is 1. The Hall–Kier alpha value is -2.86. The molecule has 2 aromatic carbocycles. The minimum absolute atomic E-state index is 0.00888. The Kier molecular flexibility index (Phi) is 6.87.